The summed E-state index contributed by atoms with van der Waals surface area (Å²) in [5.74, 6) is 1.88. The van der Waals surface area contributed by atoms with Crippen molar-refractivity contribution in [2.45, 2.75) is 90.9 Å². The fourth-order valence-corrected chi connectivity index (χ4v) is 4.21. The van der Waals surface area contributed by atoms with Crippen molar-refractivity contribution in [3.8, 4) is 5.75 Å². The maximum atomic E-state index is 9.95. The molecule has 0 atom stereocenters. The molecule has 1 rings (SSSR count). The van der Waals surface area contributed by atoms with Gasteiger partial charge in [0, 0.05) is 11.3 Å². The molecule has 0 aliphatic carbocycles. The number of nitrogens with zero attached hydrogens (tertiary/aromatic N) is 1. The molecule has 0 bridgehead atoms. The highest BCUT2D eigenvalue weighted by atomic mass is 32.2. The minimum Gasteiger partial charge on any atom is -0.507 e. The van der Waals surface area contributed by atoms with Crippen LogP contribution >= 0.6 is 11.8 Å². The van der Waals surface area contributed by atoms with E-state index in [4.69, 9.17) is 0 Å². The van der Waals surface area contributed by atoms with Gasteiger partial charge in [-0.15, -0.1) is 0 Å². The molecule has 0 radical (unpaired) electrons. The van der Waals surface area contributed by atoms with Crippen molar-refractivity contribution in [2.24, 2.45) is 5.16 Å². The Kier molecular flexibility index (Phi) is 14.0. The van der Waals surface area contributed by atoms with Gasteiger partial charge in [0.05, 0.1) is 0 Å². The average molecular weight is 394 g/mol. The Morgan fingerprint density at radius 2 is 1.44 bits per heavy atom. The highest BCUT2D eigenvalue weighted by Crippen LogP contribution is 2.21. The standard InChI is InChI=1S/C23H39NO2S/c1-3-4-5-6-7-8-9-10-11-12-13-14-17-27-19-22(24-26)21-18-20(2)15-16-23(21)25/h15-16,18,25-26H,3-14,17,19H2,1-2H3. The van der Waals surface area contributed by atoms with Gasteiger partial charge in [0.1, 0.15) is 11.5 Å². The molecule has 1 aromatic carbocycles. The number of benzene rings is 1. The Morgan fingerprint density at radius 1 is 0.889 bits per heavy atom. The number of hydrogen-bond donors (Lipinski definition) is 2. The summed E-state index contributed by atoms with van der Waals surface area (Å²) in [5, 5.41) is 22.6. The molecule has 0 saturated heterocycles. The van der Waals surface area contributed by atoms with Crippen LogP contribution in [0, 0.1) is 6.92 Å². The maximum Gasteiger partial charge on any atom is 0.124 e. The first kappa shape index (κ1) is 23.9. The molecule has 154 valence electrons. The zero-order chi connectivity index (χ0) is 19.7. The molecule has 0 saturated carbocycles. The molecule has 1 aromatic rings. The number of hydrogen-bond acceptors (Lipinski definition) is 4. The highest BCUT2D eigenvalue weighted by molar-refractivity contribution is 7.99. The quantitative estimate of drug-likeness (QED) is 0.134. The van der Waals surface area contributed by atoms with Crippen LogP contribution in [0.1, 0.15) is 95.1 Å². The molecule has 0 aliphatic rings. The number of aromatic hydroxyl groups is 1. The van der Waals surface area contributed by atoms with Crippen LogP contribution in [0.5, 0.6) is 5.75 Å². The van der Waals surface area contributed by atoms with Crippen LogP contribution in [0.15, 0.2) is 23.4 Å². The van der Waals surface area contributed by atoms with E-state index in [1.807, 2.05) is 19.1 Å². The summed E-state index contributed by atoms with van der Waals surface area (Å²) in [5.41, 5.74) is 2.25. The maximum absolute atomic E-state index is 9.95. The number of phenolic OH excluding ortho intramolecular Hbond substituents is 1. The molecule has 0 spiro atoms. The van der Waals surface area contributed by atoms with Crippen molar-refractivity contribution in [3.63, 3.8) is 0 Å². The largest absolute Gasteiger partial charge is 0.507 e. The summed E-state index contributed by atoms with van der Waals surface area (Å²) < 4.78 is 0. The lowest BCUT2D eigenvalue weighted by Gasteiger charge is -2.08. The molecule has 27 heavy (non-hydrogen) atoms. The summed E-state index contributed by atoms with van der Waals surface area (Å²) in [6.45, 7) is 4.24. The SMILES string of the molecule is CCCCCCCCCCCCCCSCC(=NO)c1cc(C)ccc1O. The normalized spacial score (nSPS) is 11.9. The van der Waals surface area contributed by atoms with Crippen molar-refractivity contribution in [3.05, 3.63) is 29.3 Å². The Morgan fingerprint density at radius 3 is 2.00 bits per heavy atom. The number of thioether (sulfide) groups is 1. The Labute approximate surface area is 170 Å². The number of aryl methyl sites for hydroxylation is 1. The minimum absolute atomic E-state index is 0.180. The zero-order valence-corrected chi connectivity index (χ0v) is 18.2. The van der Waals surface area contributed by atoms with Gasteiger partial charge in [-0.2, -0.15) is 11.8 Å². The Hall–Kier alpha value is -1.16. The smallest absolute Gasteiger partial charge is 0.124 e. The molecule has 0 aromatic heterocycles. The van der Waals surface area contributed by atoms with Crippen LogP contribution in [-0.4, -0.2) is 27.5 Å². The van der Waals surface area contributed by atoms with E-state index in [0.717, 1.165) is 11.3 Å². The van der Waals surface area contributed by atoms with Crippen LogP contribution in [-0.2, 0) is 0 Å². The van der Waals surface area contributed by atoms with Gasteiger partial charge in [0.25, 0.3) is 0 Å². The summed E-state index contributed by atoms with van der Waals surface area (Å²) in [4.78, 5) is 0. The fraction of sp³-hybridized carbons (Fsp3) is 0.696. The first-order valence-electron chi connectivity index (χ1n) is 10.8. The van der Waals surface area contributed by atoms with E-state index < -0.39 is 0 Å². The third-order valence-corrected chi connectivity index (χ3v) is 6.02. The van der Waals surface area contributed by atoms with E-state index in [9.17, 15) is 10.3 Å². The molecule has 4 heteroatoms. The monoisotopic (exact) mass is 393 g/mol. The van der Waals surface area contributed by atoms with Crippen LogP contribution in [0.4, 0.5) is 0 Å². The number of phenols is 1. The molecule has 2 N–H and O–H groups in total. The topological polar surface area (TPSA) is 52.8 Å². The van der Waals surface area contributed by atoms with Crippen molar-refractivity contribution in [1.29, 1.82) is 0 Å². The fourth-order valence-electron chi connectivity index (χ4n) is 3.26. The third kappa shape index (κ3) is 11.3. The van der Waals surface area contributed by atoms with Gasteiger partial charge >= 0.3 is 0 Å². The van der Waals surface area contributed by atoms with Gasteiger partial charge in [0.2, 0.25) is 0 Å². The highest BCUT2D eigenvalue weighted by Gasteiger charge is 2.10. The Bertz CT molecular complexity index is 531. The van der Waals surface area contributed by atoms with E-state index in [1.54, 1.807) is 17.8 Å². The second-order valence-corrected chi connectivity index (χ2v) is 8.61. The lowest BCUT2D eigenvalue weighted by molar-refractivity contribution is 0.319. The molecule has 3 nitrogen and oxygen atoms in total. The Balaban J connectivity index is 2.00. The van der Waals surface area contributed by atoms with Gasteiger partial charge < -0.3 is 10.3 Å². The molecular weight excluding hydrogens is 354 g/mol. The van der Waals surface area contributed by atoms with Crippen LogP contribution in [0.3, 0.4) is 0 Å². The van der Waals surface area contributed by atoms with E-state index in [0.29, 0.717) is 17.0 Å². The second-order valence-electron chi connectivity index (χ2n) is 7.51. The van der Waals surface area contributed by atoms with E-state index in [-0.39, 0.29) is 5.75 Å². The first-order chi connectivity index (χ1) is 13.2. The molecule has 0 heterocycles. The van der Waals surface area contributed by atoms with E-state index in [1.165, 1.54) is 77.0 Å². The summed E-state index contributed by atoms with van der Waals surface area (Å²) in [6, 6.07) is 5.38. The summed E-state index contributed by atoms with van der Waals surface area (Å²) >= 11 is 1.77. The van der Waals surface area contributed by atoms with Gasteiger partial charge in [0.15, 0.2) is 0 Å². The predicted octanol–water partition coefficient (Wildman–Crippen LogP) is 7.31. The predicted molar refractivity (Wildman–Crippen MR) is 120 cm³/mol. The van der Waals surface area contributed by atoms with E-state index >= 15 is 0 Å². The van der Waals surface area contributed by atoms with Crippen molar-refractivity contribution in [2.75, 3.05) is 11.5 Å². The van der Waals surface area contributed by atoms with Gasteiger partial charge in [-0.05, 0) is 31.2 Å². The van der Waals surface area contributed by atoms with Crippen LogP contribution in [0.25, 0.3) is 0 Å². The number of unbranched alkanes of at least 4 members (excludes halogenated alkanes) is 11. The lowest BCUT2D eigenvalue weighted by Crippen LogP contribution is -2.06. The van der Waals surface area contributed by atoms with Crippen molar-refractivity contribution >= 4 is 17.5 Å². The average Bonchev–Trinajstić information content (AvgIpc) is 2.67. The molecule has 0 amide bonds. The zero-order valence-electron chi connectivity index (χ0n) is 17.4. The van der Waals surface area contributed by atoms with Gasteiger partial charge in [-0.1, -0.05) is 94.3 Å². The molecule has 0 unspecified atom stereocenters. The van der Waals surface area contributed by atoms with Crippen LogP contribution in [0.2, 0.25) is 0 Å². The van der Waals surface area contributed by atoms with Crippen LogP contribution < -0.4 is 0 Å². The molecule has 0 fully saturated rings. The summed E-state index contributed by atoms with van der Waals surface area (Å²) in [7, 11) is 0. The molecule has 0 aliphatic heterocycles. The number of rotatable bonds is 16. The minimum atomic E-state index is 0.180. The van der Waals surface area contributed by atoms with Crippen molar-refractivity contribution < 1.29 is 10.3 Å². The van der Waals surface area contributed by atoms with E-state index in [2.05, 4.69) is 12.1 Å². The van der Waals surface area contributed by atoms with Crippen molar-refractivity contribution in [1.82, 2.24) is 0 Å². The molecular formula is C23H39NO2S. The number of oxime groups is 1. The first-order valence-corrected chi connectivity index (χ1v) is 11.9. The summed E-state index contributed by atoms with van der Waals surface area (Å²) in [6.07, 6.45) is 16.4. The van der Waals surface area contributed by atoms with Gasteiger partial charge in [-0.3, -0.25) is 0 Å². The third-order valence-electron chi connectivity index (χ3n) is 4.96. The second kappa shape index (κ2) is 15.9. The lowest BCUT2D eigenvalue weighted by atomic mass is 10.1. The van der Waals surface area contributed by atoms with Gasteiger partial charge in [-0.25, -0.2) is 0 Å².